The van der Waals surface area contributed by atoms with Gasteiger partial charge in [0.1, 0.15) is 5.75 Å². The van der Waals surface area contributed by atoms with E-state index >= 15 is 0 Å². The monoisotopic (exact) mass is 795 g/mol. The maximum atomic E-state index is 14.9. The predicted molar refractivity (Wildman–Crippen MR) is 214 cm³/mol. The second-order valence-electron chi connectivity index (χ2n) is 17.8. The quantitative estimate of drug-likeness (QED) is 0.137. The first-order valence-corrected chi connectivity index (χ1v) is 21.0. The van der Waals surface area contributed by atoms with Crippen LogP contribution in [0.3, 0.4) is 0 Å². The van der Waals surface area contributed by atoms with Crippen molar-refractivity contribution in [3.05, 3.63) is 124 Å². The van der Waals surface area contributed by atoms with Gasteiger partial charge in [-0.3, -0.25) is 4.79 Å². The van der Waals surface area contributed by atoms with Crippen molar-refractivity contribution in [2.75, 3.05) is 13.1 Å². The number of nitrogens with zero attached hydrogens (tertiary/aromatic N) is 1. The van der Waals surface area contributed by atoms with Crippen LogP contribution in [0.15, 0.2) is 108 Å². The molecule has 1 heterocycles. The fourth-order valence-corrected chi connectivity index (χ4v) is 12.9. The summed E-state index contributed by atoms with van der Waals surface area (Å²) >= 11 is 1.61. The van der Waals surface area contributed by atoms with Crippen LogP contribution in [0.25, 0.3) is 10.8 Å². The molecule has 298 valence electrons. The number of carbonyl (C=O) groups excluding carboxylic acids is 2. The van der Waals surface area contributed by atoms with Gasteiger partial charge in [0, 0.05) is 38.8 Å². The van der Waals surface area contributed by atoms with Crippen LogP contribution in [0.4, 0.5) is 18.0 Å². The summed E-state index contributed by atoms with van der Waals surface area (Å²) in [5.74, 6) is -0.309. The number of halogens is 3. The fourth-order valence-electron chi connectivity index (χ4n) is 12.2. The molecule has 2 spiro atoms. The molecular weight excluding hydrogens is 748 g/mol. The molecule has 2 bridgehead atoms. The summed E-state index contributed by atoms with van der Waals surface area (Å²) < 4.78 is 47.9. The molecule has 6 nitrogen and oxygen atoms in total. The van der Waals surface area contributed by atoms with Crippen molar-refractivity contribution in [1.29, 1.82) is 0 Å². The topological polar surface area (TPSA) is 87.1 Å². The highest BCUT2D eigenvalue weighted by molar-refractivity contribution is 7.09. The van der Waals surface area contributed by atoms with Crippen LogP contribution in [0, 0.1) is 33.5 Å². The normalized spacial score (nSPS) is 33.9. The summed E-state index contributed by atoms with van der Waals surface area (Å²) in [5, 5.41) is 28.1. The zero-order valence-electron chi connectivity index (χ0n) is 32.2. The molecule has 8 atom stereocenters. The molecule has 10 rings (SSSR count). The van der Waals surface area contributed by atoms with Crippen molar-refractivity contribution in [1.82, 2.24) is 4.90 Å². The maximum Gasteiger partial charge on any atom is 0.416 e. The number of aliphatic hydroxyl groups excluding tert-OH is 1. The van der Waals surface area contributed by atoms with Crippen LogP contribution in [0.2, 0.25) is 0 Å². The molecule has 1 aromatic heterocycles. The lowest BCUT2D eigenvalue weighted by Crippen LogP contribution is -2.67. The summed E-state index contributed by atoms with van der Waals surface area (Å²) in [7, 11) is 0. The molecule has 2 N–H and O–H groups in total. The number of allylic oxidation sites excluding steroid dienone is 4. The summed E-state index contributed by atoms with van der Waals surface area (Å²) in [6.45, 7) is 4.70. The third-order valence-electron chi connectivity index (χ3n) is 15.3. The van der Waals surface area contributed by atoms with E-state index in [4.69, 9.17) is 4.74 Å². The standard InChI is InChI=1S/C47H48F3NO5S/c1-42-18-14-34(52)27-44(42)21-22-46(37(28-44)40(53)32-9-5-10-33(25-32)47(48,49)50)38(42)15-19-43(2)39(46)16-20-45(43,55)29-51(23-17-36-11-6-24-57-36)41(54)56-35-13-12-30-7-3-4-8-31(30)26-35/h3-13,21-22,24-26,28,34,38-39,52,55H,14-20,23,27,29H2,1-2H3. The number of aliphatic hydroxyl groups is 2. The lowest BCUT2D eigenvalue weighted by atomic mass is 9.32. The van der Waals surface area contributed by atoms with Crippen LogP contribution < -0.4 is 4.74 Å². The van der Waals surface area contributed by atoms with Crippen LogP contribution >= 0.6 is 11.3 Å². The minimum Gasteiger partial charge on any atom is -0.410 e. The molecule has 3 saturated carbocycles. The minimum atomic E-state index is -4.61. The van der Waals surface area contributed by atoms with E-state index in [0.717, 1.165) is 34.2 Å². The first-order chi connectivity index (χ1) is 27.1. The van der Waals surface area contributed by atoms with Crippen molar-refractivity contribution in [3.63, 3.8) is 0 Å². The largest absolute Gasteiger partial charge is 0.416 e. The van der Waals surface area contributed by atoms with Gasteiger partial charge in [0.25, 0.3) is 0 Å². The highest BCUT2D eigenvalue weighted by Crippen LogP contribution is 2.78. The lowest BCUT2D eigenvalue weighted by molar-refractivity contribution is -0.175. The maximum absolute atomic E-state index is 14.9. The molecule has 10 heteroatoms. The smallest absolute Gasteiger partial charge is 0.410 e. The molecule has 3 aromatic carbocycles. The Bertz CT molecular complexity index is 2300. The number of Topliss-reactive ketones (excluding diaryl/α,β-unsaturated/α-hetero) is 1. The second-order valence-corrected chi connectivity index (χ2v) is 18.9. The lowest BCUT2D eigenvalue weighted by Gasteiger charge is -2.71. The Morgan fingerprint density at radius 1 is 0.877 bits per heavy atom. The van der Waals surface area contributed by atoms with E-state index in [1.807, 2.05) is 60.0 Å². The van der Waals surface area contributed by atoms with Gasteiger partial charge in [0.05, 0.1) is 23.8 Å². The summed E-state index contributed by atoms with van der Waals surface area (Å²) in [5.41, 5.74) is -4.35. The van der Waals surface area contributed by atoms with E-state index in [1.165, 1.54) is 12.1 Å². The van der Waals surface area contributed by atoms with E-state index in [9.17, 15) is 33.0 Å². The van der Waals surface area contributed by atoms with Gasteiger partial charge in [-0.1, -0.05) is 80.6 Å². The summed E-state index contributed by atoms with van der Waals surface area (Å²) in [6, 6.07) is 22.1. The molecule has 4 aromatic rings. The average molecular weight is 796 g/mol. The number of hydrogen-bond donors (Lipinski definition) is 2. The number of alkyl halides is 3. The number of ketones is 1. The average Bonchev–Trinajstić information content (AvgIpc) is 3.81. The number of fused-ring (bicyclic) bond motifs is 2. The van der Waals surface area contributed by atoms with Gasteiger partial charge in [0.15, 0.2) is 5.78 Å². The van der Waals surface area contributed by atoms with Crippen molar-refractivity contribution in [2.45, 2.75) is 83.1 Å². The molecule has 8 unspecified atom stereocenters. The van der Waals surface area contributed by atoms with E-state index < -0.39 is 51.6 Å². The second kappa shape index (κ2) is 13.4. The van der Waals surface area contributed by atoms with E-state index in [1.54, 1.807) is 22.3 Å². The number of rotatable bonds is 8. The molecule has 6 aliphatic rings. The van der Waals surface area contributed by atoms with Gasteiger partial charge in [-0.15, -0.1) is 11.3 Å². The van der Waals surface area contributed by atoms with Crippen LogP contribution in [0.1, 0.15) is 79.6 Å². The highest BCUT2D eigenvalue weighted by atomic mass is 32.1. The number of thiophene rings is 1. The zero-order chi connectivity index (χ0) is 40.0. The summed E-state index contributed by atoms with van der Waals surface area (Å²) in [4.78, 5) is 31.8. The Hall–Kier alpha value is -4.25. The number of benzene rings is 3. The fraction of sp³-hybridized carbons (Fsp3) is 0.447. The molecule has 0 saturated heterocycles. The Morgan fingerprint density at radius 2 is 1.63 bits per heavy atom. The third-order valence-corrected chi connectivity index (χ3v) is 16.2. The Kier molecular flexibility index (Phi) is 9.00. The molecular formula is C47H48F3NO5S. The van der Waals surface area contributed by atoms with Crippen LogP contribution in [0.5, 0.6) is 5.75 Å². The van der Waals surface area contributed by atoms with Gasteiger partial charge >= 0.3 is 12.3 Å². The van der Waals surface area contributed by atoms with E-state index in [2.05, 4.69) is 26.0 Å². The first-order valence-electron chi connectivity index (χ1n) is 20.2. The Morgan fingerprint density at radius 3 is 2.40 bits per heavy atom. The van der Waals surface area contributed by atoms with Gasteiger partial charge in [-0.05, 0) is 115 Å². The number of hydrogen-bond acceptors (Lipinski definition) is 6. The molecule has 6 aliphatic carbocycles. The van der Waals surface area contributed by atoms with Crippen molar-refractivity contribution < 1.29 is 37.7 Å². The third kappa shape index (κ3) is 5.87. The van der Waals surface area contributed by atoms with Crippen molar-refractivity contribution >= 4 is 34.0 Å². The Labute approximate surface area is 335 Å². The van der Waals surface area contributed by atoms with Gasteiger partial charge in [-0.2, -0.15) is 13.2 Å². The minimum absolute atomic E-state index is 0.0173. The highest BCUT2D eigenvalue weighted by Gasteiger charge is 2.74. The summed E-state index contributed by atoms with van der Waals surface area (Å²) in [6.07, 6.45) is 5.26. The van der Waals surface area contributed by atoms with Crippen molar-refractivity contribution in [2.24, 2.45) is 33.5 Å². The van der Waals surface area contributed by atoms with Crippen LogP contribution in [-0.4, -0.2) is 51.8 Å². The number of carbonyl (C=O) groups is 2. The predicted octanol–water partition coefficient (Wildman–Crippen LogP) is 10.4. The van der Waals surface area contributed by atoms with Crippen LogP contribution in [-0.2, 0) is 12.6 Å². The molecule has 3 fully saturated rings. The van der Waals surface area contributed by atoms with Gasteiger partial charge in [0.2, 0.25) is 0 Å². The van der Waals surface area contributed by atoms with E-state index in [-0.39, 0.29) is 29.4 Å². The van der Waals surface area contributed by atoms with Gasteiger partial charge in [-0.25, -0.2) is 4.79 Å². The molecule has 57 heavy (non-hydrogen) atoms. The SMILES string of the molecule is CC12CCC(O)CC13C=CC1(C(C(=O)c4cccc(C(F)(F)F)c4)=C3)C2CCC2(C)C1CCC2(O)CN(CCc1cccs1)C(=O)Oc1ccc2ccccc2c1. The van der Waals surface area contributed by atoms with E-state index in [0.29, 0.717) is 62.8 Å². The zero-order valence-corrected chi connectivity index (χ0v) is 33.0. The molecule has 0 aliphatic heterocycles. The Balaban J connectivity index is 1.09. The van der Waals surface area contributed by atoms with Gasteiger partial charge < -0.3 is 19.8 Å². The van der Waals surface area contributed by atoms with Crippen molar-refractivity contribution in [3.8, 4) is 5.75 Å². The number of ether oxygens (including phenoxy) is 1. The molecule has 1 amide bonds. The number of amides is 1. The first kappa shape index (κ1) is 38.3. The molecule has 0 radical (unpaired) electrons.